The lowest BCUT2D eigenvalue weighted by molar-refractivity contribution is -0.116. The average molecular weight is 356 g/mol. The Morgan fingerprint density at radius 1 is 1.33 bits per heavy atom. The van der Waals surface area contributed by atoms with E-state index in [1.807, 2.05) is 25.6 Å². The third kappa shape index (κ3) is 6.15. The molecule has 0 bridgehead atoms. The van der Waals surface area contributed by atoms with Gasteiger partial charge < -0.3 is 9.94 Å². The van der Waals surface area contributed by atoms with Crippen molar-refractivity contribution in [2.45, 2.75) is 72.0 Å². The van der Waals surface area contributed by atoms with Gasteiger partial charge in [-0.25, -0.2) is 0 Å². The van der Waals surface area contributed by atoms with Gasteiger partial charge in [-0.1, -0.05) is 39.3 Å². The van der Waals surface area contributed by atoms with Gasteiger partial charge in [0.15, 0.2) is 5.78 Å². The van der Waals surface area contributed by atoms with E-state index >= 15 is 0 Å². The molecule has 0 aromatic carbocycles. The normalized spacial score (nSPS) is 20.7. The molecule has 0 radical (unpaired) electrons. The van der Waals surface area contributed by atoms with Crippen molar-refractivity contribution in [2.24, 2.45) is 17.0 Å². The van der Waals surface area contributed by atoms with Gasteiger partial charge in [0.2, 0.25) is 0 Å². The van der Waals surface area contributed by atoms with E-state index in [1.54, 1.807) is 0 Å². The van der Waals surface area contributed by atoms with Crippen LogP contribution in [0.1, 0.15) is 66.7 Å². The molecule has 0 aromatic heterocycles. The van der Waals surface area contributed by atoms with Gasteiger partial charge in [-0.05, 0) is 37.4 Å². The lowest BCUT2D eigenvalue weighted by Gasteiger charge is -2.29. The quantitative estimate of drug-likeness (QED) is 0.435. The molecule has 0 saturated carbocycles. The van der Waals surface area contributed by atoms with Crippen LogP contribution in [-0.4, -0.2) is 34.2 Å². The van der Waals surface area contributed by atoms with Crippen LogP contribution in [0.4, 0.5) is 0 Å². The first-order chi connectivity index (χ1) is 11.4. The molecule has 1 N–H and O–H groups in total. The van der Waals surface area contributed by atoms with Crippen LogP contribution >= 0.6 is 11.8 Å². The number of hydrogen-bond donors (Lipinski definition) is 1. The maximum absolute atomic E-state index is 12.6. The highest BCUT2D eigenvalue weighted by Gasteiger charge is 2.32. The number of nitrogens with zero attached hydrogens (tertiary/aromatic N) is 1. The van der Waals surface area contributed by atoms with Crippen LogP contribution in [0.5, 0.6) is 0 Å². The molecule has 1 rings (SSSR count). The van der Waals surface area contributed by atoms with Gasteiger partial charge in [0.25, 0.3) is 0 Å². The van der Waals surface area contributed by atoms with E-state index < -0.39 is 0 Å². The minimum atomic E-state index is 0.0136. The van der Waals surface area contributed by atoms with Gasteiger partial charge in [0.05, 0.1) is 11.3 Å². The monoisotopic (exact) mass is 355 g/mol. The van der Waals surface area contributed by atoms with Crippen molar-refractivity contribution in [3.63, 3.8) is 0 Å². The zero-order valence-electron chi connectivity index (χ0n) is 15.8. The molecule has 138 valence electrons. The van der Waals surface area contributed by atoms with Crippen molar-refractivity contribution >= 4 is 23.3 Å². The number of Topliss-reactive ketones (excluding diaryl/α,β-unsaturated/α-hetero) is 1. The zero-order chi connectivity index (χ0) is 18.1. The van der Waals surface area contributed by atoms with Gasteiger partial charge in [-0.3, -0.25) is 4.79 Å². The molecule has 2 unspecified atom stereocenters. The first kappa shape index (κ1) is 21.1. The zero-order valence-corrected chi connectivity index (χ0v) is 16.6. The van der Waals surface area contributed by atoms with Crippen molar-refractivity contribution in [3.05, 3.63) is 11.3 Å². The van der Waals surface area contributed by atoms with Gasteiger partial charge in [-0.2, -0.15) is 11.8 Å². The van der Waals surface area contributed by atoms with Crippen LogP contribution < -0.4 is 0 Å². The average Bonchev–Trinajstić information content (AvgIpc) is 2.51. The Hall–Kier alpha value is -0.970. The van der Waals surface area contributed by atoms with E-state index in [0.29, 0.717) is 48.3 Å². The number of aliphatic hydroxyl groups excluding tert-OH is 1. The number of rotatable bonds is 10. The van der Waals surface area contributed by atoms with Crippen molar-refractivity contribution in [2.75, 3.05) is 12.4 Å². The molecule has 1 aliphatic rings. The second-order valence-electron chi connectivity index (χ2n) is 6.70. The predicted octanol–water partition coefficient (Wildman–Crippen LogP) is 5.14. The molecular weight excluding hydrogens is 322 g/mol. The van der Waals surface area contributed by atoms with Crippen LogP contribution in [-0.2, 0) is 9.63 Å². The van der Waals surface area contributed by atoms with E-state index in [0.717, 1.165) is 18.6 Å². The van der Waals surface area contributed by atoms with E-state index in [1.165, 1.54) is 0 Å². The number of carbonyl (C=O) groups is 1. The maximum Gasteiger partial charge on any atom is 0.168 e. The second-order valence-corrected chi connectivity index (χ2v) is 8.21. The summed E-state index contributed by atoms with van der Waals surface area (Å²) in [5.74, 6) is 2.10. The Morgan fingerprint density at radius 2 is 2.04 bits per heavy atom. The minimum absolute atomic E-state index is 0.0136. The van der Waals surface area contributed by atoms with Crippen molar-refractivity contribution < 1.29 is 14.7 Å². The summed E-state index contributed by atoms with van der Waals surface area (Å²) in [7, 11) is 0. The third-order valence-electron chi connectivity index (χ3n) is 4.29. The topological polar surface area (TPSA) is 58.9 Å². The summed E-state index contributed by atoms with van der Waals surface area (Å²) in [5, 5.41) is 15.1. The molecule has 0 heterocycles. The van der Waals surface area contributed by atoms with Crippen LogP contribution in [0.25, 0.3) is 0 Å². The van der Waals surface area contributed by atoms with E-state index in [2.05, 4.69) is 25.9 Å². The van der Waals surface area contributed by atoms with Gasteiger partial charge >= 0.3 is 0 Å². The first-order valence-corrected chi connectivity index (χ1v) is 10.2. The summed E-state index contributed by atoms with van der Waals surface area (Å²) < 4.78 is 0. The summed E-state index contributed by atoms with van der Waals surface area (Å²) in [6.07, 6.45) is 3.56. The highest BCUT2D eigenvalue weighted by molar-refractivity contribution is 7.99. The van der Waals surface area contributed by atoms with E-state index in [4.69, 9.17) is 4.84 Å². The molecule has 4 nitrogen and oxygen atoms in total. The van der Waals surface area contributed by atoms with Gasteiger partial charge in [0, 0.05) is 18.1 Å². The molecule has 24 heavy (non-hydrogen) atoms. The molecule has 0 aliphatic heterocycles. The number of allylic oxidation sites excluding steroid dienone is 2. The van der Waals surface area contributed by atoms with Crippen molar-refractivity contribution in [1.29, 1.82) is 0 Å². The Balaban J connectivity index is 2.90. The van der Waals surface area contributed by atoms with Crippen molar-refractivity contribution in [3.8, 4) is 0 Å². The third-order valence-corrected chi connectivity index (χ3v) is 5.79. The fourth-order valence-corrected chi connectivity index (χ4v) is 4.36. The SMILES string of the molecule is CCC/C(=N\OCC)C1=C(O)CC(CC(SCC)C(C)C)CC1=O. The molecule has 0 aromatic rings. The maximum atomic E-state index is 12.6. The van der Waals surface area contributed by atoms with Crippen LogP contribution in [0.15, 0.2) is 16.5 Å². The number of oxime groups is 1. The Kier molecular flexibility index (Phi) is 9.49. The fraction of sp³-hybridized carbons (Fsp3) is 0.789. The molecule has 0 saturated heterocycles. The lowest BCUT2D eigenvalue weighted by atomic mass is 9.81. The van der Waals surface area contributed by atoms with Crippen molar-refractivity contribution in [1.82, 2.24) is 0 Å². The number of aliphatic hydroxyl groups is 1. The Bertz CT molecular complexity index is 471. The summed E-state index contributed by atoms with van der Waals surface area (Å²) in [6.45, 7) is 11.0. The molecule has 0 spiro atoms. The smallest absolute Gasteiger partial charge is 0.168 e. The first-order valence-electron chi connectivity index (χ1n) is 9.20. The molecule has 0 amide bonds. The summed E-state index contributed by atoms with van der Waals surface area (Å²) >= 11 is 1.95. The number of ketones is 1. The lowest BCUT2D eigenvalue weighted by Crippen LogP contribution is -2.27. The van der Waals surface area contributed by atoms with Crippen LogP contribution in [0, 0.1) is 11.8 Å². The van der Waals surface area contributed by atoms with Crippen LogP contribution in [0.3, 0.4) is 0 Å². The number of thioether (sulfide) groups is 1. The summed E-state index contributed by atoms with van der Waals surface area (Å²) in [4.78, 5) is 17.8. The van der Waals surface area contributed by atoms with Crippen LogP contribution in [0.2, 0.25) is 0 Å². The molecule has 1 aliphatic carbocycles. The summed E-state index contributed by atoms with van der Waals surface area (Å²) in [6, 6.07) is 0. The van der Waals surface area contributed by atoms with Gasteiger partial charge in [-0.15, -0.1) is 0 Å². The standard InChI is InChI=1S/C19H33NO3S/c1-6-9-15(20-23-7-2)19-16(21)10-14(11-17(19)22)12-18(13(4)5)24-8-3/h13-14,18,21H,6-12H2,1-5H3/b20-15+. The highest BCUT2D eigenvalue weighted by atomic mass is 32.2. The summed E-state index contributed by atoms with van der Waals surface area (Å²) in [5.41, 5.74) is 1.01. The minimum Gasteiger partial charge on any atom is -0.511 e. The second kappa shape index (κ2) is 10.8. The molecule has 0 fully saturated rings. The number of hydrogen-bond acceptors (Lipinski definition) is 5. The number of carbonyl (C=O) groups excluding carboxylic acids is 1. The largest absolute Gasteiger partial charge is 0.511 e. The van der Waals surface area contributed by atoms with E-state index in [-0.39, 0.29) is 17.5 Å². The fourth-order valence-electron chi connectivity index (χ4n) is 3.14. The van der Waals surface area contributed by atoms with E-state index in [9.17, 15) is 9.90 Å². The Morgan fingerprint density at radius 3 is 2.54 bits per heavy atom. The molecule has 2 atom stereocenters. The predicted molar refractivity (Wildman–Crippen MR) is 103 cm³/mol. The Labute approximate surface area is 151 Å². The molecule has 5 heteroatoms. The van der Waals surface area contributed by atoms with Gasteiger partial charge in [0.1, 0.15) is 12.4 Å². The molecular formula is C19H33NO3S. The highest BCUT2D eigenvalue weighted by Crippen LogP contribution is 2.35.